The Hall–Kier alpha value is -1.73. The summed E-state index contributed by atoms with van der Waals surface area (Å²) in [5.41, 5.74) is 0.230. The van der Waals surface area contributed by atoms with E-state index in [0.717, 1.165) is 5.56 Å². The Morgan fingerprint density at radius 2 is 2.04 bits per heavy atom. The molecule has 0 saturated carbocycles. The van der Waals surface area contributed by atoms with Crippen LogP contribution in [0, 0.1) is 0 Å². The van der Waals surface area contributed by atoms with Gasteiger partial charge in [0.15, 0.2) is 5.37 Å². The number of benzene rings is 1. The van der Waals surface area contributed by atoms with E-state index in [1.54, 1.807) is 20.8 Å². The van der Waals surface area contributed by atoms with Crippen LogP contribution in [-0.4, -0.2) is 51.8 Å². The largest absolute Gasteiger partial charge is 0.444 e. The predicted molar refractivity (Wildman–Crippen MR) is 98.2 cm³/mol. The minimum atomic E-state index is -0.625. The maximum atomic E-state index is 12.4. The molecule has 7 heteroatoms. The summed E-state index contributed by atoms with van der Waals surface area (Å²) in [5.74, 6) is 0.470. The van der Waals surface area contributed by atoms with Gasteiger partial charge in [0.25, 0.3) is 5.91 Å². The van der Waals surface area contributed by atoms with Gasteiger partial charge < -0.3 is 15.2 Å². The van der Waals surface area contributed by atoms with E-state index in [4.69, 9.17) is 4.74 Å². The fourth-order valence-corrected chi connectivity index (χ4v) is 3.59. The van der Waals surface area contributed by atoms with Crippen molar-refractivity contribution in [3.05, 3.63) is 35.9 Å². The Kier molecular flexibility index (Phi) is 6.72. The molecule has 0 radical (unpaired) electrons. The zero-order valence-corrected chi connectivity index (χ0v) is 15.7. The molecule has 2 unspecified atom stereocenters. The van der Waals surface area contributed by atoms with Crippen molar-refractivity contribution in [3.63, 3.8) is 0 Å². The Labute approximate surface area is 152 Å². The van der Waals surface area contributed by atoms with Crippen LogP contribution >= 0.6 is 11.8 Å². The van der Waals surface area contributed by atoms with Gasteiger partial charge in [-0.15, -0.1) is 11.8 Å². The molecule has 1 aliphatic rings. The van der Waals surface area contributed by atoms with Crippen LogP contribution in [0.3, 0.4) is 0 Å². The molecule has 0 aliphatic carbocycles. The van der Waals surface area contributed by atoms with E-state index in [9.17, 15) is 14.7 Å². The number of nitrogens with one attached hydrogen (secondary N) is 1. The zero-order chi connectivity index (χ0) is 18.4. The highest BCUT2D eigenvalue weighted by Gasteiger charge is 2.37. The maximum absolute atomic E-state index is 12.4. The van der Waals surface area contributed by atoms with E-state index in [-0.39, 0.29) is 5.91 Å². The van der Waals surface area contributed by atoms with Gasteiger partial charge in [0, 0.05) is 18.8 Å². The number of carbonyl (C=O) groups is 2. The van der Waals surface area contributed by atoms with Crippen LogP contribution in [0.1, 0.15) is 38.9 Å². The summed E-state index contributed by atoms with van der Waals surface area (Å²) in [5, 5.41) is 12.3. The second kappa shape index (κ2) is 8.58. The SMILES string of the molecule is CC(C)(C)OC(=O)N1CCSC1C(=O)NCCC(O)c1ccccc1. The lowest BCUT2D eigenvalue weighted by Gasteiger charge is -2.27. The van der Waals surface area contributed by atoms with Crippen molar-refractivity contribution in [2.75, 3.05) is 18.8 Å². The molecule has 0 aromatic heterocycles. The van der Waals surface area contributed by atoms with E-state index in [2.05, 4.69) is 5.32 Å². The third-order valence-electron chi connectivity index (χ3n) is 3.64. The molecule has 1 heterocycles. The number of amides is 2. The van der Waals surface area contributed by atoms with Gasteiger partial charge in [-0.05, 0) is 32.8 Å². The first-order valence-corrected chi connectivity index (χ1v) is 9.45. The lowest BCUT2D eigenvalue weighted by atomic mass is 10.1. The minimum Gasteiger partial charge on any atom is -0.444 e. The Morgan fingerprint density at radius 3 is 2.68 bits per heavy atom. The molecule has 2 N–H and O–H groups in total. The van der Waals surface area contributed by atoms with Gasteiger partial charge in [-0.3, -0.25) is 9.69 Å². The first kappa shape index (κ1) is 19.6. The van der Waals surface area contributed by atoms with Gasteiger partial charge in [-0.2, -0.15) is 0 Å². The highest BCUT2D eigenvalue weighted by atomic mass is 32.2. The summed E-state index contributed by atoms with van der Waals surface area (Å²) < 4.78 is 5.36. The van der Waals surface area contributed by atoms with E-state index in [1.807, 2.05) is 30.3 Å². The standard InChI is InChI=1S/C18H26N2O4S/c1-18(2,3)24-17(23)20-11-12-25-16(20)15(22)19-10-9-14(21)13-7-5-4-6-8-13/h4-8,14,16,21H,9-12H2,1-3H3,(H,19,22). The fourth-order valence-electron chi connectivity index (χ4n) is 2.46. The molecule has 1 aromatic rings. The normalized spacial score (nSPS) is 18.7. The smallest absolute Gasteiger partial charge is 0.411 e. The average Bonchev–Trinajstić information content (AvgIpc) is 3.03. The summed E-state index contributed by atoms with van der Waals surface area (Å²) in [7, 11) is 0. The zero-order valence-electron chi connectivity index (χ0n) is 14.9. The number of rotatable bonds is 5. The number of ether oxygens (including phenoxy) is 1. The molecular weight excluding hydrogens is 340 g/mol. The van der Waals surface area contributed by atoms with Crippen molar-refractivity contribution in [2.45, 2.75) is 44.3 Å². The molecular formula is C18H26N2O4S. The number of carbonyl (C=O) groups excluding carboxylic acids is 2. The molecule has 2 rings (SSSR count). The number of hydrogen-bond donors (Lipinski definition) is 2. The molecule has 2 amide bonds. The Bertz CT molecular complexity index is 588. The molecule has 1 aliphatic heterocycles. The van der Waals surface area contributed by atoms with Crippen LogP contribution in [0.15, 0.2) is 30.3 Å². The molecule has 1 saturated heterocycles. The monoisotopic (exact) mass is 366 g/mol. The van der Waals surface area contributed by atoms with E-state index >= 15 is 0 Å². The second-order valence-corrected chi connectivity index (χ2v) is 8.09. The first-order valence-electron chi connectivity index (χ1n) is 8.40. The van der Waals surface area contributed by atoms with Gasteiger partial charge >= 0.3 is 6.09 Å². The van der Waals surface area contributed by atoms with Gasteiger partial charge in [-0.25, -0.2) is 4.79 Å². The highest BCUT2D eigenvalue weighted by Crippen LogP contribution is 2.26. The summed E-state index contributed by atoms with van der Waals surface area (Å²) in [6.07, 6.45) is -0.679. The molecule has 138 valence electrons. The second-order valence-electron chi connectivity index (χ2n) is 6.90. The van der Waals surface area contributed by atoms with Crippen molar-refractivity contribution >= 4 is 23.8 Å². The van der Waals surface area contributed by atoms with Gasteiger partial charge in [-0.1, -0.05) is 30.3 Å². The number of nitrogens with zero attached hydrogens (tertiary/aromatic N) is 1. The summed E-state index contributed by atoms with van der Waals surface area (Å²) in [6, 6.07) is 9.32. The number of hydrogen-bond acceptors (Lipinski definition) is 5. The van der Waals surface area contributed by atoms with Crippen LogP contribution < -0.4 is 5.32 Å². The molecule has 25 heavy (non-hydrogen) atoms. The topological polar surface area (TPSA) is 78.9 Å². The van der Waals surface area contributed by atoms with Crippen molar-refractivity contribution in [1.29, 1.82) is 0 Å². The van der Waals surface area contributed by atoms with E-state index in [0.29, 0.717) is 25.3 Å². The Balaban J connectivity index is 1.82. The number of aliphatic hydroxyl groups excluding tert-OH is 1. The van der Waals surface area contributed by atoms with Crippen molar-refractivity contribution in [1.82, 2.24) is 10.2 Å². The molecule has 0 spiro atoms. The van der Waals surface area contributed by atoms with Crippen molar-refractivity contribution in [3.8, 4) is 0 Å². The highest BCUT2D eigenvalue weighted by molar-refractivity contribution is 8.00. The quantitative estimate of drug-likeness (QED) is 0.837. The Morgan fingerprint density at radius 1 is 1.36 bits per heavy atom. The lowest BCUT2D eigenvalue weighted by molar-refractivity contribution is -0.123. The van der Waals surface area contributed by atoms with Crippen LogP contribution in [0.25, 0.3) is 0 Å². The maximum Gasteiger partial charge on any atom is 0.411 e. The van der Waals surface area contributed by atoms with Crippen molar-refractivity contribution in [2.24, 2.45) is 0 Å². The summed E-state index contributed by atoms with van der Waals surface area (Å²) in [4.78, 5) is 26.1. The van der Waals surface area contributed by atoms with Gasteiger partial charge in [0.05, 0.1) is 6.10 Å². The minimum absolute atomic E-state index is 0.228. The average molecular weight is 366 g/mol. The van der Waals surface area contributed by atoms with Crippen LogP contribution in [0.5, 0.6) is 0 Å². The first-order chi connectivity index (χ1) is 11.8. The fraction of sp³-hybridized carbons (Fsp3) is 0.556. The van der Waals surface area contributed by atoms with Gasteiger partial charge in [0.1, 0.15) is 5.60 Å². The summed E-state index contributed by atoms with van der Waals surface area (Å²) >= 11 is 1.42. The molecule has 1 aromatic carbocycles. The van der Waals surface area contributed by atoms with Crippen LogP contribution in [-0.2, 0) is 9.53 Å². The predicted octanol–water partition coefficient (Wildman–Crippen LogP) is 2.54. The lowest BCUT2D eigenvalue weighted by Crippen LogP contribution is -2.46. The van der Waals surface area contributed by atoms with Crippen LogP contribution in [0.2, 0.25) is 0 Å². The molecule has 2 atom stereocenters. The molecule has 6 nitrogen and oxygen atoms in total. The third kappa shape index (κ3) is 5.93. The van der Waals surface area contributed by atoms with Crippen LogP contribution in [0.4, 0.5) is 4.79 Å². The third-order valence-corrected chi connectivity index (χ3v) is 4.85. The number of thioether (sulfide) groups is 1. The molecule has 1 fully saturated rings. The molecule has 0 bridgehead atoms. The summed E-state index contributed by atoms with van der Waals surface area (Å²) in [6.45, 7) is 6.23. The number of aliphatic hydroxyl groups is 1. The van der Waals surface area contributed by atoms with Gasteiger partial charge in [0.2, 0.25) is 0 Å². The van der Waals surface area contributed by atoms with E-state index in [1.165, 1.54) is 16.7 Å². The van der Waals surface area contributed by atoms with Crippen molar-refractivity contribution < 1.29 is 19.4 Å². The van der Waals surface area contributed by atoms with E-state index < -0.39 is 23.2 Å².